The van der Waals surface area contributed by atoms with Crippen molar-refractivity contribution in [2.45, 2.75) is 34.1 Å². The molecule has 0 spiro atoms. The van der Waals surface area contributed by atoms with Crippen LogP contribution in [0, 0.1) is 5.41 Å². The highest BCUT2D eigenvalue weighted by Gasteiger charge is 2.23. The normalized spacial score (nSPS) is 16.9. The zero-order valence-electron chi connectivity index (χ0n) is 28.9. The van der Waals surface area contributed by atoms with E-state index in [1.165, 1.54) is 0 Å². The molecule has 4 rings (SSSR count). The summed E-state index contributed by atoms with van der Waals surface area (Å²) in [5, 5.41) is 0. The van der Waals surface area contributed by atoms with Gasteiger partial charge in [0.25, 0.3) is 0 Å². The minimum absolute atomic E-state index is 0.264. The number of aromatic nitrogens is 1. The molecular formula is C47H47N. The highest BCUT2D eigenvalue weighted by molar-refractivity contribution is 5.83. The molecule has 1 aromatic heterocycles. The fourth-order valence-electron chi connectivity index (χ4n) is 5.26. The van der Waals surface area contributed by atoms with E-state index in [0.29, 0.717) is 0 Å². The lowest BCUT2D eigenvalue weighted by Gasteiger charge is -2.27. The molecule has 0 atom stereocenters. The van der Waals surface area contributed by atoms with Crippen molar-refractivity contribution < 1.29 is 0 Å². The van der Waals surface area contributed by atoms with Gasteiger partial charge < -0.3 is 0 Å². The first-order valence-corrected chi connectivity index (χ1v) is 16.5. The van der Waals surface area contributed by atoms with Gasteiger partial charge in [0.2, 0.25) is 0 Å². The Balaban J connectivity index is 1.73. The Morgan fingerprint density at radius 2 is 1.44 bits per heavy atom. The van der Waals surface area contributed by atoms with Crippen LogP contribution in [0.4, 0.5) is 0 Å². The predicted molar refractivity (Wildman–Crippen MR) is 213 cm³/mol. The van der Waals surface area contributed by atoms with Gasteiger partial charge in [-0.3, -0.25) is 0 Å². The Kier molecular flexibility index (Phi) is 12.4. The molecule has 1 heteroatoms. The van der Waals surface area contributed by atoms with Gasteiger partial charge in [-0.25, -0.2) is 4.98 Å². The van der Waals surface area contributed by atoms with E-state index in [9.17, 15) is 0 Å². The molecule has 1 nitrogen and oxygen atoms in total. The van der Waals surface area contributed by atoms with Gasteiger partial charge in [0, 0.05) is 5.41 Å². The first kappa shape index (κ1) is 35.3. The van der Waals surface area contributed by atoms with E-state index in [1.807, 2.05) is 50.3 Å². The number of allylic oxidation sites excluding steroid dienone is 20. The minimum Gasteiger partial charge on any atom is -0.248 e. The van der Waals surface area contributed by atoms with Crippen LogP contribution in [-0.2, 0) is 0 Å². The summed E-state index contributed by atoms with van der Waals surface area (Å²) in [5.74, 6) is 0. The van der Waals surface area contributed by atoms with Gasteiger partial charge in [0.05, 0.1) is 11.4 Å². The fourth-order valence-corrected chi connectivity index (χ4v) is 5.26. The van der Waals surface area contributed by atoms with Gasteiger partial charge in [-0.1, -0.05) is 174 Å². The molecule has 0 amide bonds. The topological polar surface area (TPSA) is 12.9 Å². The maximum Gasteiger partial charge on any atom is 0.0715 e. The summed E-state index contributed by atoms with van der Waals surface area (Å²) in [5.41, 5.74) is 12.1. The maximum absolute atomic E-state index is 4.99. The smallest absolute Gasteiger partial charge is 0.0715 e. The van der Waals surface area contributed by atoms with Gasteiger partial charge in [0.1, 0.15) is 0 Å². The van der Waals surface area contributed by atoms with Crippen molar-refractivity contribution in [3.8, 4) is 22.3 Å². The monoisotopic (exact) mass is 625 g/mol. The lowest BCUT2D eigenvalue weighted by Crippen LogP contribution is -2.14. The number of nitrogens with zero attached hydrogens (tertiary/aromatic N) is 1. The molecule has 0 radical (unpaired) electrons. The Morgan fingerprint density at radius 3 is 2.15 bits per heavy atom. The van der Waals surface area contributed by atoms with E-state index >= 15 is 0 Å². The molecule has 3 aromatic rings. The number of rotatable bonds is 9. The molecule has 0 saturated carbocycles. The van der Waals surface area contributed by atoms with Crippen LogP contribution < -0.4 is 0 Å². The van der Waals surface area contributed by atoms with Crippen molar-refractivity contribution in [1.29, 1.82) is 0 Å². The zero-order chi connectivity index (χ0) is 34.5. The maximum atomic E-state index is 4.99. The number of benzene rings is 2. The molecular weight excluding hydrogens is 579 g/mol. The predicted octanol–water partition coefficient (Wildman–Crippen LogP) is 13.3. The van der Waals surface area contributed by atoms with E-state index in [4.69, 9.17) is 4.98 Å². The van der Waals surface area contributed by atoms with E-state index in [2.05, 4.69) is 149 Å². The van der Waals surface area contributed by atoms with Crippen LogP contribution in [0.1, 0.15) is 51.1 Å². The standard InChI is InChI=1S/C47H47N/c1-9-12-16-22-35(4)45-33-44(34-46(48-45)40(20-10-2)21-11-3)43-26-19-25-42(32-43)39-29-27-38(28-30-39)41-24-18-15-13-14-17-23-36(5)47(7,8)37(6)31-41/h9-14,16-34H,2,4-6,15H2,1,3,7-8H3/b12-9-,14-13-,21-11-,22-16-,23-17-,24-18?,40-20+,41-31?. The third-order valence-electron chi connectivity index (χ3n) is 8.49. The summed E-state index contributed by atoms with van der Waals surface area (Å²) in [6.07, 6.45) is 31.6. The van der Waals surface area contributed by atoms with Crippen molar-refractivity contribution in [2.75, 3.05) is 0 Å². The highest BCUT2D eigenvalue weighted by atomic mass is 14.7. The van der Waals surface area contributed by atoms with E-state index in [1.54, 1.807) is 6.08 Å². The molecule has 240 valence electrons. The third-order valence-corrected chi connectivity index (χ3v) is 8.49. The van der Waals surface area contributed by atoms with Gasteiger partial charge in [-0.05, 0) is 94.2 Å². The first-order valence-electron chi connectivity index (χ1n) is 16.5. The average molecular weight is 626 g/mol. The minimum atomic E-state index is -0.264. The Morgan fingerprint density at radius 1 is 0.729 bits per heavy atom. The van der Waals surface area contributed by atoms with Crippen molar-refractivity contribution in [3.05, 3.63) is 206 Å². The van der Waals surface area contributed by atoms with Crippen molar-refractivity contribution in [2.24, 2.45) is 5.41 Å². The number of pyridine rings is 1. The fraction of sp³-hybridized carbons (Fsp3) is 0.128. The molecule has 0 fully saturated rings. The second-order valence-electron chi connectivity index (χ2n) is 12.3. The molecule has 0 unspecified atom stereocenters. The van der Waals surface area contributed by atoms with Crippen LogP contribution in [0.25, 0.3) is 39.0 Å². The summed E-state index contributed by atoms with van der Waals surface area (Å²) in [6, 6.07) is 21.7. The van der Waals surface area contributed by atoms with Crippen LogP contribution in [0.15, 0.2) is 189 Å². The lowest BCUT2D eigenvalue weighted by molar-refractivity contribution is 0.571. The first-order chi connectivity index (χ1) is 23.2. The highest BCUT2D eigenvalue weighted by Crippen LogP contribution is 2.37. The van der Waals surface area contributed by atoms with Crippen molar-refractivity contribution >= 4 is 16.7 Å². The number of hydrogen-bond donors (Lipinski definition) is 0. The van der Waals surface area contributed by atoms with E-state index < -0.39 is 0 Å². The summed E-state index contributed by atoms with van der Waals surface area (Å²) in [7, 11) is 0. The summed E-state index contributed by atoms with van der Waals surface area (Å²) in [4.78, 5) is 4.99. The molecule has 1 heterocycles. The number of hydrogen-bond acceptors (Lipinski definition) is 1. The molecule has 1 aliphatic rings. The molecule has 0 saturated heterocycles. The van der Waals surface area contributed by atoms with Crippen LogP contribution in [0.5, 0.6) is 0 Å². The summed E-state index contributed by atoms with van der Waals surface area (Å²) in [6.45, 7) is 25.4. The second kappa shape index (κ2) is 16.9. The van der Waals surface area contributed by atoms with Crippen LogP contribution in [-0.4, -0.2) is 4.98 Å². The summed E-state index contributed by atoms with van der Waals surface area (Å²) >= 11 is 0. The van der Waals surface area contributed by atoms with Gasteiger partial charge in [-0.2, -0.15) is 0 Å². The van der Waals surface area contributed by atoms with E-state index in [-0.39, 0.29) is 5.41 Å². The third kappa shape index (κ3) is 9.05. The SMILES string of the molecule is C=C/C=C(\C=C/C)c1cc(-c2cccc(-c3ccc(C4=CC(=C)C(C)(C)C(=C)/C=C\C=C/CC=C4)cc3)c2)cc(C(=C)/C=C\C=C/C)n1. The summed E-state index contributed by atoms with van der Waals surface area (Å²) < 4.78 is 0. The van der Waals surface area contributed by atoms with Gasteiger partial charge >= 0.3 is 0 Å². The van der Waals surface area contributed by atoms with Crippen LogP contribution >= 0.6 is 0 Å². The Hall–Kier alpha value is -5.53. The molecule has 48 heavy (non-hydrogen) atoms. The quantitative estimate of drug-likeness (QED) is 0.216. The van der Waals surface area contributed by atoms with Gasteiger partial charge in [0.15, 0.2) is 0 Å². The largest absolute Gasteiger partial charge is 0.248 e. The molecule has 0 bridgehead atoms. The molecule has 1 aliphatic carbocycles. The molecule has 2 aromatic carbocycles. The van der Waals surface area contributed by atoms with Crippen molar-refractivity contribution in [1.82, 2.24) is 4.98 Å². The molecule has 0 aliphatic heterocycles. The van der Waals surface area contributed by atoms with E-state index in [0.717, 1.165) is 73.5 Å². The Labute approximate surface area is 288 Å². The van der Waals surface area contributed by atoms with Crippen LogP contribution in [0.2, 0.25) is 0 Å². The zero-order valence-corrected chi connectivity index (χ0v) is 28.9. The van der Waals surface area contributed by atoms with Gasteiger partial charge in [-0.15, -0.1) is 0 Å². The average Bonchev–Trinajstić information content (AvgIpc) is 3.10. The Bertz CT molecular complexity index is 1920. The van der Waals surface area contributed by atoms with Crippen molar-refractivity contribution in [3.63, 3.8) is 0 Å². The second-order valence-corrected chi connectivity index (χ2v) is 12.3. The lowest BCUT2D eigenvalue weighted by atomic mass is 9.77. The molecule has 0 N–H and O–H groups in total. The van der Waals surface area contributed by atoms with Crippen LogP contribution in [0.3, 0.4) is 0 Å².